The highest BCUT2D eigenvalue weighted by Crippen LogP contribution is 2.29. The summed E-state index contributed by atoms with van der Waals surface area (Å²) in [6, 6.07) is 8.67. The van der Waals surface area contributed by atoms with Crippen molar-refractivity contribution in [1.29, 1.82) is 0 Å². The molecule has 1 N–H and O–H groups in total. The SMILES string of the molecule is CCCNCc1ccc(Oc2ccc(F)cc2F)cc1Br. The lowest BCUT2D eigenvalue weighted by atomic mass is 10.2. The van der Waals surface area contributed by atoms with E-state index in [9.17, 15) is 8.78 Å². The Kier molecular flexibility index (Phi) is 5.70. The molecule has 0 heterocycles. The highest BCUT2D eigenvalue weighted by atomic mass is 79.9. The molecule has 21 heavy (non-hydrogen) atoms. The first kappa shape index (κ1) is 15.9. The lowest BCUT2D eigenvalue weighted by Gasteiger charge is -2.10. The molecule has 0 radical (unpaired) electrons. The molecule has 0 saturated heterocycles. The fourth-order valence-electron chi connectivity index (χ4n) is 1.82. The minimum atomic E-state index is -0.722. The lowest BCUT2D eigenvalue weighted by Crippen LogP contribution is -2.14. The van der Waals surface area contributed by atoms with Crippen LogP contribution in [0.25, 0.3) is 0 Å². The van der Waals surface area contributed by atoms with Gasteiger partial charge in [-0.1, -0.05) is 28.9 Å². The molecule has 2 aromatic carbocycles. The Balaban J connectivity index is 2.09. The Morgan fingerprint density at radius 2 is 1.95 bits per heavy atom. The van der Waals surface area contributed by atoms with E-state index in [-0.39, 0.29) is 5.75 Å². The number of benzene rings is 2. The number of halogens is 3. The summed E-state index contributed by atoms with van der Waals surface area (Å²) < 4.78 is 32.7. The first-order valence-corrected chi connectivity index (χ1v) is 7.51. The van der Waals surface area contributed by atoms with Gasteiger partial charge in [0.2, 0.25) is 0 Å². The molecule has 0 aliphatic rings. The summed E-state index contributed by atoms with van der Waals surface area (Å²) in [6.07, 6.45) is 1.07. The molecular formula is C16H16BrF2NO. The zero-order valence-electron chi connectivity index (χ0n) is 11.6. The van der Waals surface area contributed by atoms with E-state index in [4.69, 9.17) is 4.74 Å². The quantitative estimate of drug-likeness (QED) is 0.734. The Morgan fingerprint density at radius 1 is 1.14 bits per heavy atom. The summed E-state index contributed by atoms with van der Waals surface area (Å²) in [4.78, 5) is 0. The maximum Gasteiger partial charge on any atom is 0.168 e. The summed E-state index contributed by atoms with van der Waals surface area (Å²) in [7, 11) is 0. The van der Waals surface area contributed by atoms with Gasteiger partial charge in [-0.2, -0.15) is 0 Å². The Morgan fingerprint density at radius 3 is 2.62 bits per heavy atom. The van der Waals surface area contributed by atoms with Crippen molar-refractivity contribution in [1.82, 2.24) is 5.32 Å². The van der Waals surface area contributed by atoms with E-state index in [1.807, 2.05) is 6.07 Å². The third kappa shape index (κ3) is 4.51. The minimum Gasteiger partial charge on any atom is -0.454 e. The van der Waals surface area contributed by atoms with Crippen LogP contribution >= 0.6 is 15.9 Å². The van der Waals surface area contributed by atoms with E-state index in [0.717, 1.165) is 41.7 Å². The maximum atomic E-state index is 13.5. The molecule has 0 aromatic heterocycles. The van der Waals surface area contributed by atoms with Gasteiger partial charge in [-0.3, -0.25) is 0 Å². The predicted octanol–water partition coefficient (Wildman–Crippen LogP) is 5.02. The van der Waals surface area contributed by atoms with Crippen molar-refractivity contribution in [2.75, 3.05) is 6.54 Å². The van der Waals surface area contributed by atoms with E-state index >= 15 is 0 Å². The standard InChI is InChI=1S/C16H16BrF2NO/c1-2-7-20-10-11-3-5-13(9-14(11)17)21-16-6-4-12(18)8-15(16)19/h3-6,8-9,20H,2,7,10H2,1H3. The van der Waals surface area contributed by atoms with Gasteiger partial charge >= 0.3 is 0 Å². The van der Waals surface area contributed by atoms with Gasteiger partial charge < -0.3 is 10.1 Å². The summed E-state index contributed by atoms with van der Waals surface area (Å²) in [5.74, 6) is -0.857. The van der Waals surface area contributed by atoms with E-state index < -0.39 is 11.6 Å². The molecule has 0 amide bonds. The van der Waals surface area contributed by atoms with Crippen LogP contribution in [0, 0.1) is 11.6 Å². The van der Waals surface area contributed by atoms with Crippen molar-refractivity contribution in [3.05, 3.63) is 58.1 Å². The van der Waals surface area contributed by atoms with Crippen LogP contribution in [0.5, 0.6) is 11.5 Å². The van der Waals surface area contributed by atoms with Gasteiger partial charge in [0.1, 0.15) is 11.6 Å². The largest absolute Gasteiger partial charge is 0.454 e. The minimum absolute atomic E-state index is 0.000146. The number of hydrogen-bond donors (Lipinski definition) is 1. The fourth-order valence-corrected chi connectivity index (χ4v) is 2.32. The predicted molar refractivity (Wildman–Crippen MR) is 82.6 cm³/mol. The van der Waals surface area contributed by atoms with Crippen molar-refractivity contribution < 1.29 is 13.5 Å². The summed E-state index contributed by atoms with van der Waals surface area (Å²) >= 11 is 3.47. The van der Waals surface area contributed by atoms with Crippen molar-refractivity contribution in [3.8, 4) is 11.5 Å². The molecule has 112 valence electrons. The number of rotatable bonds is 6. The first-order valence-electron chi connectivity index (χ1n) is 6.72. The van der Waals surface area contributed by atoms with Crippen LogP contribution in [0.4, 0.5) is 8.78 Å². The van der Waals surface area contributed by atoms with Crippen LogP contribution in [-0.4, -0.2) is 6.54 Å². The molecule has 2 aromatic rings. The molecule has 0 aliphatic heterocycles. The van der Waals surface area contributed by atoms with Crippen LogP contribution in [0.2, 0.25) is 0 Å². The van der Waals surface area contributed by atoms with Crippen LogP contribution in [0.1, 0.15) is 18.9 Å². The number of ether oxygens (including phenoxy) is 1. The van der Waals surface area contributed by atoms with Gasteiger partial charge in [0.15, 0.2) is 11.6 Å². The average molecular weight is 356 g/mol. The second kappa shape index (κ2) is 7.52. The molecule has 0 unspecified atom stereocenters. The van der Waals surface area contributed by atoms with Gasteiger partial charge in [-0.05, 0) is 42.8 Å². The van der Waals surface area contributed by atoms with Crippen LogP contribution in [-0.2, 0) is 6.54 Å². The zero-order valence-corrected chi connectivity index (χ0v) is 13.2. The molecule has 0 bridgehead atoms. The number of nitrogens with one attached hydrogen (secondary N) is 1. The summed E-state index contributed by atoms with van der Waals surface area (Å²) in [5, 5.41) is 3.30. The van der Waals surface area contributed by atoms with E-state index in [0.29, 0.717) is 5.75 Å². The maximum absolute atomic E-state index is 13.5. The van der Waals surface area contributed by atoms with Gasteiger partial charge in [-0.25, -0.2) is 8.78 Å². The van der Waals surface area contributed by atoms with Crippen LogP contribution < -0.4 is 10.1 Å². The highest BCUT2D eigenvalue weighted by Gasteiger charge is 2.08. The molecule has 0 saturated carbocycles. The molecule has 0 fully saturated rings. The fraction of sp³-hybridized carbons (Fsp3) is 0.250. The topological polar surface area (TPSA) is 21.3 Å². The van der Waals surface area contributed by atoms with Gasteiger partial charge in [0.05, 0.1) is 0 Å². The van der Waals surface area contributed by atoms with Crippen LogP contribution in [0.3, 0.4) is 0 Å². The van der Waals surface area contributed by atoms with E-state index in [2.05, 4.69) is 28.2 Å². The smallest absolute Gasteiger partial charge is 0.168 e. The number of hydrogen-bond acceptors (Lipinski definition) is 2. The highest BCUT2D eigenvalue weighted by molar-refractivity contribution is 9.10. The lowest BCUT2D eigenvalue weighted by molar-refractivity contribution is 0.437. The monoisotopic (exact) mass is 355 g/mol. The summed E-state index contributed by atoms with van der Waals surface area (Å²) in [5.41, 5.74) is 1.09. The second-order valence-corrected chi connectivity index (χ2v) is 5.46. The molecular weight excluding hydrogens is 340 g/mol. The van der Waals surface area contributed by atoms with Crippen LogP contribution in [0.15, 0.2) is 40.9 Å². The van der Waals surface area contributed by atoms with Crippen molar-refractivity contribution >= 4 is 15.9 Å². The second-order valence-electron chi connectivity index (χ2n) is 4.61. The van der Waals surface area contributed by atoms with Crippen molar-refractivity contribution in [3.63, 3.8) is 0 Å². The molecule has 5 heteroatoms. The van der Waals surface area contributed by atoms with Crippen molar-refractivity contribution in [2.45, 2.75) is 19.9 Å². The van der Waals surface area contributed by atoms with Gasteiger partial charge in [0, 0.05) is 17.1 Å². The average Bonchev–Trinajstić information content (AvgIpc) is 2.44. The molecule has 2 rings (SSSR count). The first-order chi connectivity index (χ1) is 10.1. The van der Waals surface area contributed by atoms with E-state index in [1.165, 1.54) is 6.07 Å². The third-order valence-electron chi connectivity index (χ3n) is 2.89. The molecule has 0 spiro atoms. The molecule has 2 nitrogen and oxygen atoms in total. The Hall–Kier alpha value is -1.46. The molecule has 0 aliphatic carbocycles. The summed E-state index contributed by atoms with van der Waals surface area (Å²) in [6.45, 7) is 3.81. The van der Waals surface area contributed by atoms with Gasteiger partial charge in [0.25, 0.3) is 0 Å². The van der Waals surface area contributed by atoms with Gasteiger partial charge in [-0.15, -0.1) is 0 Å². The molecule has 0 atom stereocenters. The Bertz CT molecular complexity index is 619. The zero-order chi connectivity index (χ0) is 15.2. The Labute approximate surface area is 131 Å². The third-order valence-corrected chi connectivity index (χ3v) is 3.63. The van der Waals surface area contributed by atoms with Crippen molar-refractivity contribution in [2.24, 2.45) is 0 Å². The van der Waals surface area contributed by atoms with E-state index in [1.54, 1.807) is 12.1 Å². The normalized spacial score (nSPS) is 10.7.